The molecule has 6 heteroatoms. The molecule has 0 spiro atoms. The normalized spacial score (nSPS) is 16.8. The zero-order valence-electron chi connectivity index (χ0n) is 14.6. The van der Waals surface area contributed by atoms with Gasteiger partial charge in [-0.05, 0) is 30.0 Å². The molecule has 1 fully saturated rings. The number of rotatable bonds is 7. The molecule has 1 heterocycles. The molecule has 1 aliphatic rings. The fourth-order valence-corrected chi connectivity index (χ4v) is 2.76. The lowest BCUT2D eigenvalue weighted by Crippen LogP contribution is -2.41. The molecule has 0 unspecified atom stereocenters. The topological polar surface area (TPSA) is 73.8 Å². The molecular weight excluding hydrogens is 306 g/mol. The minimum Gasteiger partial charge on any atom is -0.396 e. The molecule has 2 amide bonds. The molecule has 1 aliphatic heterocycles. The van der Waals surface area contributed by atoms with E-state index in [1.54, 1.807) is 0 Å². The van der Waals surface area contributed by atoms with Crippen LogP contribution in [-0.2, 0) is 11.3 Å². The molecule has 0 saturated carbocycles. The van der Waals surface area contributed by atoms with Crippen molar-refractivity contribution in [1.29, 1.82) is 0 Å². The molecule has 134 valence electrons. The van der Waals surface area contributed by atoms with Gasteiger partial charge >= 0.3 is 6.03 Å². The maximum Gasteiger partial charge on any atom is 0.319 e. The molecule has 1 atom stereocenters. The molecule has 24 heavy (non-hydrogen) atoms. The van der Waals surface area contributed by atoms with Crippen LogP contribution in [0.1, 0.15) is 25.8 Å². The van der Waals surface area contributed by atoms with E-state index in [-0.39, 0.29) is 24.6 Å². The molecule has 0 bridgehead atoms. The van der Waals surface area contributed by atoms with E-state index in [0.717, 1.165) is 38.5 Å². The first-order valence-corrected chi connectivity index (χ1v) is 8.66. The number of hydrogen-bond donors (Lipinski definition) is 3. The van der Waals surface area contributed by atoms with Crippen LogP contribution in [0.15, 0.2) is 24.3 Å². The minimum absolute atomic E-state index is 0.0319. The third kappa shape index (κ3) is 6.11. The third-order valence-electron chi connectivity index (χ3n) is 4.28. The standard InChI is InChI=1S/C18H29N3O3/c1-14(2)17(7-10-22)20-18(23)19-16-5-3-15(4-6-16)13-21-8-11-24-12-9-21/h3-6,14,17,22H,7-13H2,1-2H3,(H2,19,20,23)/t17-/m1/s1. The quantitative estimate of drug-likeness (QED) is 0.713. The van der Waals surface area contributed by atoms with Crippen molar-refractivity contribution in [2.24, 2.45) is 5.92 Å². The number of nitrogens with zero attached hydrogens (tertiary/aromatic N) is 1. The summed E-state index contributed by atoms with van der Waals surface area (Å²) >= 11 is 0. The van der Waals surface area contributed by atoms with Gasteiger partial charge in [0.25, 0.3) is 0 Å². The minimum atomic E-state index is -0.233. The van der Waals surface area contributed by atoms with Gasteiger partial charge in [0.1, 0.15) is 0 Å². The molecule has 2 rings (SSSR count). The molecule has 0 radical (unpaired) electrons. The Morgan fingerprint density at radius 3 is 2.50 bits per heavy atom. The third-order valence-corrected chi connectivity index (χ3v) is 4.28. The van der Waals surface area contributed by atoms with Crippen molar-refractivity contribution in [2.45, 2.75) is 32.9 Å². The van der Waals surface area contributed by atoms with Crippen LogP contribution >= 0.6 is 0 Å². The van der Waals surface area contributed by atoms with Crippen molar-refractivity contribution in [1.82, 2.24) is 10.2 Å². The summed E-state index contributed by atoms with van der Waals surface area (Å²) in [5.74, 6) is 0.277. The number of aliphatic hydroxyl groups is 1. The fraction of sp³-hybridized carbons (Fsp3) is 0.611. The Morgan fingerprint density at radius 2 is 1.92 bits per heavy atom. The highest BCUT2D eigenvalue weighted by atomic mass is 16.5. The van der Waals surface area contributed by atoms with E-state index < -0.39 is 0 Å². The lowest BCUT2D eigenvalue weighted by Gasteiger charge is -2.26. The van der Waals surface area contributed by atoms with Crippen molar-refractivity contribution >= 4 is 11.7 Å². The highest BCUT2D eigenvalue weighted by molar-refractivity contribution is 5.89. The number of anilines is 1. The van der Waals surface area contributed by atoms with E-state index in [1.165, 1.54) is 5.56 Å². The molecule has 6 nitrogen and oxygen atoms in total. The number of aliphatic hydroxyl groups excluding tert-OH is 1. The van der Waals surface area contributed by atoms with E-state index in [0.29, 0.717) is 6.42 Å². The summed E-state index contributed by atoms with van der Waals surface area (Å²) in [5.41, 5.74) is 1.99. The summed E-state index contributed by atoms with van der Waals surface area (Å²) in [6.07, 6.45) is 0.559. The number of urea groups is 1. The van der Waals surface area contributed by atoms with Gasteiger partial charge in [-0.25, -0.2) is 4.79 Å². The smallest absolute Gasteiger partial charge is 0.319 e. The van der Waals surface area contributed by atoms with Crippen molar-refractivity contribution in [2.75, 3.05) is 38.2 Å². The Labute approximate surface area is 144 Å². The monoisotopic (exact) mass is 335 g/mol. The predicted octanol–water partition coefficient (Wildman–Crippen LogP) is 2.05. The van der Waals surface area contributed by atoms with E-state index in [1.807, 2.05) is 38.1 Å². The van der Waals surface area contributed by atoms with Gasteiger partial charge in [0, 0.05) is 38.0 Å². The number of ether oxygens (including phenoxy) is 1. The highest BCUT2D eigenvalue weighted by Crippen LogP contribution is 2.13. The van der Waals surface area contributed by atoms with Gasteiger partial charge in [-0.15, -0.1) is 0 Å². The summed E-state index contributed by atoms with van der Waals surface area (Å²) in [6, 6.07) is 7.66. The van der Waals surface area contributed by atoms with E-state index in [2.05, 4.69) is 15.5 Å². The van der Waals surface area contributed by atoms with E-state index in [4.69, 9.17) is 9.84 Å². The average molecular weight is 335 g/mol. The first-order chi connectivity index (χ1) is 11.6. The van der Waals surface area contributed by atoms with Crippen LogP contribution in [0, 0.1) is 5.92 Å². The summed E-state index contributed by atoms with van der Waals surface area (Å²) in [4.78, 5) is 14.4. The largest absolute Gasteiger partial charge is 0.396 e. The number of morpholine rings is 1. The molecule has 0 aromatic heterocycles. The molecular formula is C18H29N3O3. The predicted molar refractivity (Wildman–Crippen MR) is 95.0 cm³/mol. The summed E-state index contributed by atoms with van der Waals surface area (Å²) in [5, 5.41) is 14.8. The molecule has 0 aliphatic carbocycles. The lowest BCUT2D eigenvalue weighted by atomic mass is 10.0. The van der Waals surface area contributed by atoms with Crippen molar-refractivity contribution in [3.8, 4) is 0 Å². The molecule has 3 N–H and O–H groups in total. The SMILES string of the molecule is CC(C)[C@@H](CCO)NC(=O)Nc1ccc(CN2CCOCC2)cc1. The van der Waals surface area contributed by atoms with Crippen molar-refractivity contribution in [3.05, 3.63) is 29.8 Å². The van der Waals surface area contributed by atoms with Crippen LogP contribution in [0.25, 0.3) is 0 Å². The fourth-order valence-electron chi connectivity index (χ4n) is 2.76. The van der Waals surface area contributed by atoms with Crippen LogP contribution < -0.4 is 10.6 Å². The second kappa shape index (κ2) is 9.61. The number of carbonyl (C=O) groups is 1. The second-order valence-corrected chi connectivity index (χ2v) is 6.55. The lowest BCUT2D eigenvalue weighted by molar-refractivity contribution is 0.0342. The van der Waals surface area contributed by atoms with E-state index >= 15 is 0 Å². The first-order valence-electron chi connectivity index (χ1n) is 8.66. The number of carbonyl (C=O) groups excluding carboxylic acids is 1. The second-order valence-electron chi connectivity index (χ2n) is 6.55. The Kier molecular flexibility index (Phi) is 7.49. The zero-order valence-corrected chi connectivity index (χ0v) is 14.6. The first kappa shape index (κ1) is 18.7. The molecule has 1 aromatic rings. The molecule has 1 aromatic carbocycles. The maximum atomic E-state index is 12.1. The van der Waals surface area contributed by atoms with Gasteiger partial charge in [0.05, 0.1) is 13.2 Å². The Bertz CT molecular complexity index is 499. The Morgan fingerprint density at radius 1 is 1.25 bits per heavy atom. The van der Waals surface area contributed by atoms with Crippen LogP contribution in [-0.4, -0.2) is 55.0 Å². The van der Waals surface area contributed by atoms with Crippen LogP contribution in [0.3, 0.4) is 0 Å². The van der Waals surface area contributed by atoms with Crippen molar-refractivity contribution < 1.29 is 14.6 Å². The average Bonchev–Trinajstić information content (AvgIpc) is 2.57. The van der Waals surface area contributed by atoms with E-state index in [9.17, 15) is 4.79 Å². The summed E-state index contributed by atoms with van der Waals surface area (Å²) in [7, 11) is 0. The van der Waals surface area contributed by atoms with Crippen LogP contribution in [0.5, 0.6) is 0 Å². The number of benzene rings is 1. The molecule has 1 saturated heterocycles. The van der Waals surface area contributed by atoms with Gasteiger partial charge in [0.2, 0.25) is 0 Å². The van der Waals surface area contributed by atoms with Gasteiger partial charge < -0.3 is 20.5 Å². The van der Waals surface area contributed by atoms with Gasteiger partial charge in [0.15, 0.2) is 0 Å². The van der Waals surface area contributed by atoms with Crippen molar-refractivity contribution in [3.63, 3.8) is 0 Å². The highest BCUT2D eigenvalue weighted by Gasteiger charge is 2.15. The Hall–Kier alpha value is -1.63. The van der Waals surface area contributed by atoms with Crippen LogP contribution in [0.2, 0.25) is 0 Å². The van der Waals surface area contributed by atoms with Gasteiger partial charge in [-0.1, -0.05) is 26.0 Å². The maximum absolute atomic E-state index is 12.1. The number of amides is 2. The summed E-state index contributed by atoms with van der Waals surface area (Å²) in [6.45, 7) is 8.55. The van der Waals surface area contributed by atoms with Crippen LogP contribution in [0.4, 0.5) is 10.5 Å². The van der Waals surface area contributed by atoms with Gasteiger partial charge in [-0.2, -0.15) is 0 Å². The zero-order chi connectivity index (χ0) is 17.4. The summed E-state index contributed by atoms with van der Waals surface area (Å²) < 4.78 is 5.35. The number of hydrogen-bond acceptors (Lipinski definition) is 4. The Balaban J connectivity index is 1.82. The number of nitrogens with one attached hydrogen (secondary N) is 2. The van der Waals surface area contributed by atoms with Gasteiger partial charge in [-0.3, -0.25) is 4.90 Å².